The Morgan fingerprint density at radius 2 is 2.36 bits per heavy atom. The maximum Gasteiger partial charge on any atom is 0.157 e. The molecule has 3 heteroatoms. The maximum atomic E-state index is 11.0. The zero-order valence-electron chi connectivity index (χ0n) is 9.01. The molecule has 0 radical (unpaired) electrons. The highest BCUT2D eigenvalue weighted by molar-refractivity contribution is 7.99. The van der Waals surface area contributed by atoms with Crippen molar-refractivity contribution in [1.29, 1.82) is 0 Å². The van der Waals surface area contributed by atoms with Crippen LogP contribution in [0.4, 0.5) is 0 Å². The SMILES string of the molecule is CCSCCC(C)NC1=CC(=O)CC1. The number of allylic oxidation sites excluding steroid dienone is 2. The van der Waals surface area contributed by atoms with E-state index in [1.165, 1.54) is 17.9 Å². The van der Waals surface area contributed by atoms with E-state index in [0.29, 0.717) is 12.5 Å². The molecule has 0 heterocycles. The van der Waals surface area contributed by atoms with Crippen LogP contribution in [0.5, 0.6) is 0 Å². The highest BCUT2D eigenvalue weighted by atomic mass is 32.2. The molecule has 1 atom stereocenters. The molecule has 0 amide bonds. The van der Waals surface area contributed by atoms with Gasteiger partial charge < -0.3 is 5.32 Å². The predicted octanol–water partition coefficient (Wildman–Crippen LogP) is 2.35. The van der Waals surface area contributed by atoms with E-state index in [0.717, 1.165) is 12.1 Å². The highest BCUT2D eigenvalue weighted by Gasteiger charge is 2.13. The van der Waals surface area contributed by atoms with Gasteiger partial charge in [0.2, 0.25) is 0 Å². The third kappa shape index (κ3) is 4.18. The average molecular weight is 213 g/mol. The van der Waals surface area contributed by atoms with Crippen molar-refractivity contribution in [2.75, 3.05) is 11.5 Å². The van der Waals surface area contributed by atoms with Crippen LogP contribution in [0.25, 0.3) is 0 Å². The van der Waals surface area contributed by atoms with Gasteiger partial charge in [0.25, 0.3) is 0 Å². The first-order valence-electron chi connectivity index (χ1n) is 5.30. The van der Waals surface area contributed by atoms with Crippen LogP contribution in [0, 0.1) is 0 Å². The molecule has 0 aromatic carbocycles. The van der Waals surface area contributed by atoms with E-state index >= 15 is 0 Å². The van der Waals surface area contributed by atoms with Gasteiger partial charge in [-0.25, -0.2) is 0 Å². The quantitative estimate of drug-likeness (QED) is 0.687. The third-order valence-corrected chi connectivity index (χ3v) is 3.24. The number of hydrogen-bond acceptors (Lipinski definition) is 3. The molecule has 1 aliphatic rings. The highest BCUT2D eigenvalue weighted by Crippen LogP contribution is 2.13. The molecular formula is C11H19NOS. The minimum Gasteiger partial charge on any atom is -0.386 e. The Morgan fingerprint density at radius 1 is 1.57 bits per heavy atom. The normalized spacial score (nSPS) is 18.1. The molecule has 80 valence electrons. The van der Waals surface area contributed by atoms with Crippen molar-refractivity contribution in [1.82, 2.24) is 5.32 Å². The molecule has 0 aromatic heterocycles. The fourth-order valence-corrected chi connectivity index (χ4v) is 2.31. The van der Waals surface area contributed by atoms with E-state index in [-0.39, 0.29) is 5.78 Å². The summed E-state index contributed by atoms with van der Waals surface area (Å²) in [4.78, 5) is 11.0. The topological polar surface area (TPSA) is 29.1 Å². The Bertz CT molecular complexity index is 225. The van der Waals surface area contributed by atoms with Crippen molar-refractivity contribution in [2.24, 2.45) is 0 Å². The van der Waals surface area contributed by atoms with E-state index in [1.54, 1.807) is 6.08 Å². The lowest BCUT2D eigenvalue weighted by Gasteiger charge is -2.15. The van der Waals surface area contributed by atoms with Crippen LogP contribution in [0.1, 0.15) is 33.1 Å². The Balaban J connectivity index is 2.17. The van der Waals surface area contributed by atoms with Gasteiger partial charge in [0.05, 0.1) is 0 Å². The standard InChI is InChI=1S/C11H19NOS/c1-3-14-7-6-9(2)12-10-4-5-11(13)8-10/h8-9,12H,3-7H2,1-2H3. The number of ketones is 1. The van der Waals surface area contributed by atoms with Crippen LogP contribution in [-0.4, -0.2) is 23.3 Å². The molecule has 0 aromatic rings. The van der Waals surface area contributed by atoms with Gasteiger partial charge in [-0.1, -0.05) is 6.92 Å². The predicted molar refractivity (Wildman–Crippen MR) is 62.5 cm³/mol. The van der Waals surface area contributed by atoms with Crippen LogP contribution in [0.2, 0.25) is 0 Å². The fourth-order valence-electron chi connectivity index (χ4n) is 1.50. The first-order chi connectivity index (χ1) is 6.72. The minimum absolute atomic E-state index is 0.266. The summed E-state index contributed by atoms with van der Waals surface area (Å²) in [5, 5.41) is 3.40. The molecule has 1 rings (SSSR count). The average Bonchev–Trinajstić information content (AvgIpc) is 2.52. The third-order valence-electron chi connectivity index (χ3n) is 2.31. The molecule has 0 aliphatic heterocycles. The molecule has 0 saturated heterocycles. The summed E-state index contributed by atoms with van der Waals surface area (Å²) in [6, 6.07) is 0.492. The zero-order valence-corrected chi connectivity index (χ0v) is 9.82. The Hall–Kier alpha value is -0.440. The van der Waals surface area contributed by atoms with Crippen LogP contribution in [-0.2, 0) is 4.79 Å². The number of thioether (sulfide) groups is 1. The summed E-state index contributed by atoms with van der Waals surface area (Å²) in [6.07, 6.45) is 4.52. The fraction of sp³-hybridized carbons (Fsp3) is 0.727. The first kappa shape index (κ1) is 11.6. The number of nitrogens with one attached hydrogen (secondary N) is 1. The summed E-state index contributed by atoms with van der Waals surface area (Å²) >= 11 is 1.97. The number of carbonyl (C=O) groups is 1. The van der Waals surface area contributed by atoms with Crippen molar-refractivity contribution in [3.8, 4) is 0 Å². The lowest BCUT2D eigenvalue weighted by Crippen LogP contribution is -2.25. The van der Waals surface area contributed by atoms with Crippen molar-refractivity contribution in [3.05, 3.63) is 11.8 Å². The second-order valence-electron chi connectivity index (χ2n) is 3.67. The molecule has 14 heavy (non-hydrogen) atoms. The van der Waals surface area contributed by atoms with Gasteiger partial charge in [0.15, 0.2) is 5.78 Å². The van der Waals surface area contributed by atoms with E-state index in [9.17, 15) is 4.79 Å². The zero-order chi connectivity index (χ0) is 10.4. The first-order valence-corrected chi connectivity index (χ1v) is 6.45. The molecular weight excluding hydrogens is 194 g/mol. The summed E-state index contributed by atoms with van der Waals surface area (Å²) in [6.45, 7) is 4.36. The van der Waals surface area contributed by atoms with E-state index in [4.69, 9.17) is 0 Å². The Morgan fingerprint density at radius 3 is 2.93 bits per heavy atom. The number of hydrogen-bond donors (Lipinski definition) is 1. The van der Waals surface area contributed by atoms with Gasteiger partial charge in [-0.05, 0) is 31.3 Å². The molecule has 1 N–H and O–H groups in total. The van der Waals surface area contributed by atoms with Gasteiger partial charge in [-0.3, -0.25) is 4.79 Å². The molecule has 0 fully saturated rings. The van der Waals surface area contributed by atoms with E-state index in [1.807, 2.05) is 11.8 Å². The van der Waals surface area contributed by atoms with Crippen molar-refractivity contribution in [3.63, 3.8) is 0 Å². The molecule has 0 bridgehead atoms. The Labute approximate surface area is 90.5 Å². The van der Waals surface area contributed by atoms with Gasteiger partial charge >= 0.3 is 0 Å². The minimum atomic E-state index is 0.266. The summed E-state index contributed by atoms with van der Waals surface area (Å²) in [5.74, 6) is 2.66. The van der Waals surface area contributed by atoms with Crippen molar-refractivity contribution in [2.45, 2.75) is 39.2 Å². The lowest BCUT2D eigenvalue weighted by molar-refractivity contribution is -0.114. The second-order valence-corrected chi connectivity index (χ2v) is 5.06. The maximum absolute atomic E-state index is 11.0. The van der Waals surface area contributed by atoms with Gasteiger partial charge in [0.1, 0.15) is 0 Å². The molecule has 2 nitrogen and oxygen atoms in total. The van der Waals surface area contributed by atoms with Gasteiger partial charge in [-0.15, -0.1) is 0 Å². The molecule has 1 aliphatic carbocycles. The lowest BCUT2D eigenvalue weighted by atomic mass is 10.2. The molecule has 1 unspecified atom stereocenters. The van der Waals surface area contributed by atoms with Crippen molar-refractivity contribution >= 4 is 17.5 Å². The number of carbonyl (C=O) groups excluding carboxylic acids is 1. The van der Waals surface area contributed by atoms with Crippen molar-refractivity contribution < 1.29 is 4.79 Å². The van der Waals surface area contributed by atoms with E-state index in [2.05, 4.69) is 19.2 Å². The van der Waals surface area contributed by atoms with Crippen LogP contribution < -0.4 is 5.32 Å². The summed E-state index contributed by atoms with van der Waals surface area (Å²) < 4.78 is 0. The van der Waals surface area contributed by atoms with Crippen LogP contribution in [0.3, 0.4) is 0 Å². The summed E-state index contributed by atoms with van der Waals surface area (Å²) in [7, 11) is 0. The smallest absolute Gasteiger partial charge is 0.157 e. The molecule has 0 spiro atoms. The second kappa shape index (κ2) is 6.12. The summed E-state index contributed by atoms with van der Waals surface area (Å²) in [5.41, 5.74) is 1.13. The Kier molecular flexibility index (Phi) is 5.09. The number of rotatable bonds is 6. The van der Waals surface area contributed by atoms with Crippen LogP contribution in [0.15, 0.2) is 11.8 Å². The molecule has 0 saturated carbocycles. The van der Waals surface area contributed by atoms with E-state index < -0.39 is 0 Å². The largest absolute Gasteiger partial charge is 0.386 e. The monoisotopic (exact) mass is 213 g/mol. The van der Waals surface area contributed by atoms with Gasteiger partial charge in [0, 0.05) is 24.2 Å². The van der Waals surface area contributed by atoms with Gasteiger partial charge in [-0.2, -0.15) is 11.8 Å². The van der Waals surface area contributed by atoms with Crippen LogP contribution >= 0.6 is 11.8 Å².